The second-order valence-corrected chi connectivity index (χ2v) is 6.30. The third-order valence-corrected chi connectivity index (χ3v) is 4.12. The molecule has 2 N–H and O–H groups in total. The van der Waals surface area contributed by atoms with E-state index in [4.69, 9.17) is 14.0 Å². The van der Waals surface area contributed by atoms with E-state index in [9.17, 15) is 19.7 Å². The Kier molecular flexibility index (Phi) is 7.30. The number of nitrogens with zero attached hydrogens (tertiary/aromatic N) is 3. The average Bonchev–Trinajstić information content (AvgIpc) is 3.31. The molecule has 1 heterocycles. The summed E-state index contributed by atoms with van der Waals surface area (Å²) >= 11 is 0. The molecule has 1 aromatic heterocycles. The number of methoxy groups -OCH3 is 1. The van der Waals surface area contributed by atoms with E-state index in [0.29, 0.717) is 17.1 Å². The molecule has 0 bridgehead atoms. The first-order chi connectivity index (χ1) is 15.5. The summed E-state index contributed by atoms with van der Waals surface area (Å²) in [4.78, 5) is 38.1. The Morgan fingerprint density at radius 3 is 2.34 bits per heavy atom. The number of amides is 2. The number of ether oxygens (including phenoxy) is 2. The highest BCUT2D eigenvalue weighted by atomic mass is 16.6. The van der Waals surface area contributed by atoms with Gasteiger partial charge in [-0.05, 0) is 36.4 Å². The summed E-state index contributed by atoms with van der Waals surface area (Å²) in [5, 5.41) is 19.5. The van der Waals surface area contributed by atoms with E-state index in [1.807, 2.05) is 0 Å². The SMILES string of the molecule is COc1ccc(OCC(=O)NCCNC(=O)c2nc(-c3ccc([N+](=O)[O-])cc3)no2)cc1. The Morgan fingerprint density at radius 2 is 1.69 bits per heavy atom. The van der Waals surface area contributed by atoms with Gasteiger partial charge in [0, 0.05) is 30.8 Å². The maximum atomic E-state index is 12.1. The van der Waals surface area contributed by atoms with Crippen LogP contribution in [-0.2, 0) is 4.79 Å². The molecule has 0 radical (unpaired) electrons. The van der Waals surface area contributed by atoms with Gasteiger partial charge in [0.15, 0.2) is 6.61 Å². The first-order valence-corrected chi connectivity index (χ1v) is 9.36. The summed E-state index contributed by atoms with van der Waals surface area (Å²) in [6, 6.07) is 12.3. The van der Waals surface area contributed by atoms with Crippen LogP contribution in [0, 0.1) is 10.1 Å². The number of rotatable bonds is 10. The minimum atomic E-state index is -0.616. The van der Waals surface area contributed by atoms with Gasteiger partial charge in [0.2, 0.25) is 5.82 Å². The van der Waals surface area contributed by atoms with Crippen molar-refractivity contribution in [2.75, 3.05) is 26.8 Å². The van der Waals surface area contributed by atoms with Crippen LogP contribution in [0.25, 0.3) is 11.4 Å². The van der Waals surface area contributed by atoms with Crippen LogP contribution in [0.2, 0.25) is 0 Å². The Bertz CT molecular complexity index is 1080. The minimum Gasteiger partial charge on any atom is -0.497 e. The Morgan fingerprint density at radius 1 is 1.03 bits per heavy atom. The maximum absolute atomic E-state index is 12.1. The number of benzene rings is 2. The van der Waals surface area contributed by atoms with Crippen molar-refractivity contribution in [2.45, 2.75) is 0 Å². The number of hydrogen-bond acceptors (Lipinski definition) is 9. The lowest BCUT2D eigenvalue weighted by molar-refractivity contribution is -0.384. The fourth-order valence-electron chi connectivity index (χ4n) is 2.49. The summed E-state index contributed by atoms with van der Waals surface area (Å²) in [6.07, 6.45) is 0. The van der Waals surface area contributed by atoms with Gasteiger partial charge in [-0.1, -0.05) is 5.16 Å². The van der Waals surface area contributed by atoms with E-state index in [2.05, 4.69) is 20.8 Å². The van der Waals surface area contributed by atoms with Gasteiger partial charge in [-0.3, -0.25) is 19.7 Å². The average molecular weight is 441 g/mol. The predicted molar refractivity (Wildman–Crippen MR) is 110 cm³/mol. The molecule has 0 unspecified atom stereocenters. The van der Waals surface area contributed by atoms with Crippen molar-refractivity contribution >= 4 is 17.5 Å². The van der Waals surface area contributed by atoms with Crippen molar-refractivity contribution in [3.63, 3.8) is 0 Å². The van der Waals surface area contributed by atoms with Crippen molar-refractivity contribution in [3.05, 3.63) is 64.5 Å². The van der Waals surface area contributed by atoms with Crippen LogP contribution < -0.4 is 20.1 Å². The molecule has 0 atom stereocenters. The van der Waals surface area contributed by atoms with E-state index in [0.717, 1.165) is 0 Å². The van der Waals surface area contributed by atoms with Crippen molar-refractivity contribution in [2.24, 2.45) is 0 Å². The zero-order chi connectivity index (χ0) is 22.9. The highest BCUT2D eigenvalue weighted by molar-refractivity contribution is 5.89. The second-order valence-electron chi connectivity index (χ2n) is 6.30. The zero-order valence-electron chi connectivity index (χ0n) is 16.9. The molecule has 12 nitrogen and oxygen atoms in total. The number of nitro groups is 1. The molecule has 0 aliphatic heterocycles. The highest BCUT2D eigenvalue weighted by Crippen LogP contribution is 2.20. The smallest absolute Gasteiger partial charge is 0.316 e. The standard InChI is InChI=1S/C20H19N5O7/c1-30-15-6-8-16(9-7-15)31-12-17(26)21-10-11-22-19(27)20-23-18(24-32-20)13-2-4-14(5-3-13)25(28)29/h2-9H,10-12H2,1H3,(H,21,26)(H,22,27). The molecule has 0 spiro atoms. The predicted octanol–water partition coefficient (Wildman–Crippen LogP) is 1.58. The number of nitro benzene ring substituents is 1. The number of carbonyl (C=O) groups excluding carboxylic acids is 2. The third-order valence-electron chi connectivity index (χ3n) is 4.12. The van der Waals surface area contributed by atoms with E-state index in [1.54, 1.807) is 31.4 Å². The first-order valence-electron chi connectivity index (χ1n) is 9.36. The lowest BCUT2D eigenvalue weighted by atomic mass is 10.2. The van der Waals surface area contributed by atoms with Crippen molar-refractivity contribution < 1.29 is 28.5 Å². The maximum Gasteiger partial charge on any atom is 0.316 e. The molecule has 3 aromatic rings. The van der Waals surface area contributed by atoms with Crippen LogP contribution in [0.4, 0.5) is 5.69 Å². The quantitative estimate of drug-likeness (QED) is 0.270. The summed E-state index contributed by atoms with van der Waals surface area (Å²) in [6.45, 7) is 0.116. The van der Waals surface area contributed by atoms with Gasteiger partial charge in [-0.2, -0.15) is 4.98 Å². The van der Waals surface area contributed by atoms with Crippen LogP contribution in [0.15, 0.2) is 53.1 Å². The van der Waals surface area contributed by atoms with Gasteiger partial charge in [-0.25, -0.2) is 0 Å². The molecular weight excluding hydrogens is 422 g/mol. The van der Waals surface area contributed by atoms with E-state index >= 15 is 0 Å². The summed E-state index contributed by atoms with van der Waals surface area (Å²) < 4.78 is 15.3. The molecule has 2 aromatic carbocycles. The molecule has 12 heteroatoms. The van der Waals surface area contributed by atoms with Gasteiger partial charge in [0.25, 0.3) is 11.6 Å². The van der Waals surface area contributed by atoms with E-state index in [1.165, 1.54) is 24.3 Å². The highest BCUT2D eigenvalue weighted by Gasteiger charge is 2.16. The van der Waals surface area contributed by atoms with Crippen molar-refractivity contribution in [1.82, 2.24) is 20.8 Å². The lowest BCUT2D eigenvalue weighted by Gasteiger charge is -2.08. The van der Waals surface area contributed by atoms with Crippen LogP contribution in [0.5, 0.6) is 11.5 Å². The molecule has 166 valence electrons. The molecule has 0 saturated carbocycles. The normalized spacial score (nSPS) is 10.3. The minimum absolute atomic E-state index is 0.0772. The van der Waals surface area contributed by atoms with Gasteiger partial charge >= 0.3 is 11.8 Å². The summed E-state index contributed by atoms with van der Waals surface area (Å²) in [7, 11) is 1.55. The first kappa shape index (κ1) is 22.2. The van der Waals surface area contributed by atoms with Gasteiger partial charge in [0.05, 0.1) is 12.0 Å². The fraction of sp³-hybridized carbons (Fsp3) is 0.200. The molecule has 0 saturated heterocycles. The summed E-state index contributed by atoms with van der Waals surface area (Å²) in [5.74, 6) is 0.0809. The van der Waals surface area contributed by atoms with E-state index in [-0.39, 0.29) is 43.0 Å². The Balaban J connectivity index is 1.39. The van der Waals surface area contributed by atoms with Crippen LogP contribution in [0.3, 0.4) is 0 Å². The number of non-ortho nitro benzene ring substituents is 1. The Hall–Kier alpha value is -4.48. The van der Waals surface area contributed by atoms with Gasteiger partial charge in [0.1, 0.15) is 11.5 Å². The molecular formula is C20H19N5O7. The van der Waals surface area contributed by atoms with Crippen LogP contribution in [-0.4, -0.2) is 53.7 Å². The number of aromatic nitrogens is 2. The number of hydrogen-bond donors (Lipinski definition) is 2. The fourth-order valence-corrected chi connectivity index (χ4v) is 2.49. The molecule has 32 heavy (non-hydrogen) atoms. The topological polar surface area (TPSA) is 159 Å². The molecule has 2 amide bonds. The van der Waals surface area contributed by atoms with Crippen molar-refractivity contribution in [1.29, 1.82) is 0 Å². The lowest BCUT2D eigenvalue weighted by Crippen LogP contribution is -2.36. The van der Waals surface area contributed by atoms with Crippen LogP contribution >= 0.6 is 0 Å². The zero-order valence-corrected chi connectivity index (χ0v) is 16.9. The van der Waals surface area contributed by atoms with Crippen LogP contribution in [0.1, 0.15) is 10.7 Å². The molecule has 0 fully saturated rings. The van der Waals surface area contributed by atoms with Crippen molar-refractivity contribution in [3.8, 4) is 22.9 Å². The molecule has 0 aliphatic rings. The third kappa shape index (κ3) is 6.01. The molecule has 0 aliphatic carbocycles. The van der Waals surface area contributed by atoms with Gasteiger partial charge < -0.3 is 24.6 Å². The molecule has 3 rings (SSSR count). The summed E-state index contributed by atoms with van der Waals surface area (Å²) in [5.41, 5.74) is 0.384. The Labute approximate surface area is 181 Å². The number of carbonyl (C=O) groups is 2. The van der Waals surface area contributed by atoms with Gasteiger partial charge in [-0.15, -0.1) is 0 Å². The largest absolute Gasteiger partial charge is 0.497 e. The number of nitrogens with one attached hydrogen (secondary N) is 2. The second kappa shape index (κ2) is 10.5. The monoisotopic (exact) mass is 441 g/mol. The van der Waals surface area contributed by atoms with E-state index < -0.39 is 10.8 Å².